The van der Waals surface area contributed by atoms with Crippen LogP contribution in [0.3, 0.4) is 0 Å². The number of nitrogens with zero attached hydrogens (tertiary/aromatic N) is 2. The Morgan fingerprint density at radius 2 is 1.00 bits per heavy atom. The number of β-amino-alcohol motifs (C(OH)–C–C–N with tert-alkyl or cyclic N) is 1. The first kappa shape index (κ1) is 38.7. The lowest BCUT2D eigenvalue weighted by atomic mass is 9.85. The van der Waals surface area contributed by atoms with Crippen LogP contribution in [0.25, 0.3) is 21.9 Å². The maximum absolute atomic E-state index is 11.2. The number of carbonyl (C=O) groups is 1. The minimum atomic E-state index is -0.944. The second-order valence-corrected chi connectivity index (χ2v) is 14.9. The Morgan fingerprint density at radius 1 is 0.571 bits per heavy atom. The molecule has 2 aliphatic heterocycles. The minimum absolute atomic E-state index is 0. The van der Waals surface area contributed by atoms with Crippen molar-refractivity contribution in [2.45, 2.75) is 25.1 Å². The number of carbonyl (C=O) groups excluding carboxylic acids is 1. The molecule has 2 fully saturated rings. The highest BCUT2D eigenvalue weighted by atomic mass is 79.9. The summed E-state index contributed by atoms with van der Waals surface area (Å²) in [6.45, 7) is 2.21. The molecule has 0 unspecified atom stereocenters. The molecule has 7 heteroatoms. The van der Waals surface area contributed by atoms with Gasteiger partial charge in [-0.15, -0.1) is 0 Å². The summed E-state index contributed by atoms with van der Waals surface area (Å²) in [4.78, 5) is 15.8. The minimum Gasteiger partial charge on any atom is -0.463 e. The Hall–Kier alpha value is -5.57. The van der Waals surface area contributed by atoms with E-state index in [-0.39, 0.29) is 19.5 Å². The van der Waals surface area contributed by atoms with Crippen LogP contribution in [0.4, 0.5) is 0 Å². The molecule has 2 aromatic heterocycles. The van der Waals surface area contributed by atoms with Crippen molar-refractivity contribution < 1.29 is 18.7 Å². The predicted molar refractivity (Wildman–Crippen MR) is 228 cm³/mol. The number of halogens is 1. The summed E-state index contributed by atoms with van der Waals surface area (Å²) in [7, 11) is 0. The number of furan rings is 2. The number of fused-ring (bicyclic) bond motifs is 2. The number of aliphatic hydroxyl groups is 1. The van der Waals surface area contributed by atoms with Gasteiger partial charge in [-0.25, -0.2) is 0 Å². The number of likely N-dealkylation sites (tertiary alicyclic amines) is 2. The zero-order valence-corrected chi connectivity index (χ0v) is 31.8. The molecule has 2 saturated heterocycles. The van der Waals surface area contributed by atoms with Gasteiger partial charge in [-0.2, -0.15) is 0 Å². The quantitative estimate of drug-likeness (QED) is 0.173. The van der Waals surface area contributed by atoms with Crippen LogP contribution in [0.15, 0.2) is 195 Å². The number of hydrogen-bond acceptors (Lipinski definition) is 6. The van der Waals surface area contributed by atoms with Crippen LogP contribution in [0, 0.1) is 0 Å². The maximum atomic E-state index is 11.2. The van der Waals surface area contributed by atoms with Gasteiger partial charge in [0.2, 0.25) is 0 Å². The lowest BCUT2D eigenvalue weighted by Gasteiger charge is -2.49. The third kappa shape index (κ3) is 8.47. The van der Waals surface area contributed by atoms with Crippen molar-refractivity contribution in [3.05, 3.63) is 215 Å². The average Bonchev–Trinajstić information content (AvgIpc) is 3.83. The normalized spacial score (nSPS) is 14.9. The Labute approximate surface area is 336 Å². The molecular weight excluding hydrogens is 760 g/mol. The van der Waals surface area contributed by atoms with E-state index >= 15 is 0 Å². The zero-order valence-electron chi connectivity index (χ0n) is 30.2. The molecule has 10 rings (SSSR count). The van der Waals surface area contributed by atoms with Crippen molar-refractivity contribution in [2.24, 2.45) is 0 Å². The van der Waals surface area contributed by atoms with Crippen LogP contribution >= 0.6 is 15.9 Å². The van der Waals surface area contributed by atoms with Crippen molar-refractivity contribution in [1.29, 1.82) is 0 Å². The van der Waals surface area contributed by atoms with E-state index in [0.29, 0.717) is 37.7 Å². The lowest BCUT2D eigenvalue weighted by Crippen LogP contribution is -2.60. The summed E-state index contributed by atoms with van der Waals surface area (Å²) in [6, 6.07) is 59.7. The van der Waals surface area contributed by atoms with Crippen LogP contribution in [0.5, 0.6) is 0 Å². The highest BCUT2D eigenvalue weighted by Gasteiger charge is 2.48. The van der Waals surface area contributed by atoms with Gasteiger partial charge in [-0.3, -0.25) is 14.6 Å². The lowest BCUT2D eigenvalue weighted by molar-refractivity contribution is -0.130. The van der Waals surface area contributed by atoms with E-state index in [1.807, 2.05) is 103 Å². The molecule has 0 bridgehead atoms. The monoisotopic (exact) mass is 804 g/mol. The molecule has 2 aliphatic rings. The number of rotatable bonds is 7. The Morgan fingerprint density at radius 3 is 1.46 bits per heavy atom. The van der Waals surface area contributed by atoms with Crippen molar-refractivity contribution in [1.82, 2.24) is 9.80 Å². The van der Waals surface area contributed by atoms with Gasteiger partial charge in [0.1, 0.15) is 28.8 Å². The number of para-hydroxylation sites is 2. The van der Waals surface area contributed by atoms with E-state index < -0.39 is 5.60 Å². The summed E-state index contributed by atoms with van der Waals surface area (Å²) in [6.07, 6.45) is 1.70. The first-order valence-corrected chi connectivity index (χ1v) is 19.3. The van der Waals surface area contributed by atoms with Crippen molar-refractivity contribution in [2.75, 3.05) is 26.2 Å². The van der Waals surface area contributed by atoms with Gasteiger partial charge in [0.25, 0.3) is 0 Å². The first-order valence-electron chi connectivity index (χ1n) is 18.5. The smallest absolute Gasteiger partial charge is 0.160 e. The van der Waals surface area contributed by atoms with E-state index in [4.69, 9.17) is 8.83 Å². The van der Waals surface area contributed by atoms with E-state index in [0.717, 1.165) is 26.4 Å². The highest BCUT2D eigenvalue weighted by Crippen LogP contribution is 2.42. The Balaban J connectivity index is 0.000000142. The van der Waals surface area contributed by atoms with Crippen molar-refractivity contribution in [3.63, 3.8) is 0 Å². The fourth-order valence-electron chi connectivity index (χ4n) is 7.48. The molecule has 0 aliphatic carbocycles. The Kier molecular flexibility index (Phi) is 12.1. The van der Waals surface area contributed by atoms with Gasteiger partial charge in [-0.05, 0) is 62.4 Å². The average molecular weight is 806 g/mol. The van der Waals surface area contributed by atoms with Gasteiger partial charge in [-0.1, -0.05) is 159 Å². The molecule has 1 N–H and O–H groups in total. The van der Waals surface area contributed by atoms with Gasteiger partial charge in [0.15, 0.2) is 5.78 Å². The SMILES string of the molecule is Brc1coc2ccccc12.C.O=C1CN(C(c2ccccc2)c2ccccc2)C1.OC1(c2cc3ccccc3o2)CN(C(c2ccccc2)c2ccccc2)C1. The van der Waals surface area contributed by atoms with Gasteiger partial charge >= 0.3 is 0 Å². The molecule has 56 heavy (non-hydrogen) atoms. The summed E-state index contributed by atoms with van der Waals surface area (Å²) >= 11 is 3.37. The van der Waals surface area contributed by atoms with Crippen molar-refractivity contribution >= 4 is 43.7 Å². The van der Waals surface area contributed by atoms with Gasteiger partial charge < -0.3 is 13.9 Å². The number of ketones is 1. The fraction of sp³-hybridized carbons (Fsp3) is 0.163. The van der Waals surface area contributed by atoms with E-state index in [1.165, 1.54) is 22.3 Å². The molecule has 0 spiro atoms. The fourth-order valence-corrected chi connectivity index (χ4v) is 7.90. The summed E-state index contributed by atoms with van der Waals surface area (Å²) < 4.78 is 12.2. The van der Waals surface area contributed by atoms with Gasteiger partial charge in [0, 0.05) is 23.9 Å². The topological polar surface area (TPSA) is 70.1 Å². The van der Waals surface area contributed by atoms with Crippen LogP contribution in [0.1, 0.15) is 47.5 Å². The second-order valence-electron chi connectivity index (χ2n) is 14.1. The third-order valence-electron chi connectivity index (χ3n) is 10.2. The predicted octanol–water partition coefficient (Wildman–Crippen LogP) is 11.2. The molecule has 0 saturated carbocycles. The second kappa shape index (κ2) is 17.5. The molecule has 0 atom stereocenters. The first-order chi connectivity index (χ1) is 26.9. The van der Waals surface area contributed by atoms with Crippen LogP contribution in [-0.4, -0.2) is 46.9 Å². The summed E-state index contributed by atoms with van der Waals surface area (Å²) in [5.41, 5.74) is 5.76. The molecule has 6 aromatic carbocycles. The summed E-state index contributed by atoms with van der Waals surface area (Å²) in [5, 5.41) is 13.3. The third-order valence-corrected chi connectivity index (χ3v) is 10.8. The van der Waals surface area contributed by atoms with E-state index in [2.05, 4.69) is 98.5 Å². The largest absolute Gasteiger partial charge is 0.463 e. The molecule has 0 amide bonds. The molecular formula is C49H45BrN2O4. The number of hydrogen-bond donors (Lipinski definition) is 1. The molecule has 8 aromatic rings. The summed E-state index contributed by atoms with van der Waals surface area (Å²) in [5.74, 6) is 0.978. The van der Waals surface area contributed by atoms with Crippen molar-refractivity contribution in [3.8, 4) is 0 Å². The molecule has 0 radical (unpaired) electrons. The maximum Gasteiger partial charge on any atom is 0.160 e. The molecule has 282 valence electrons. The van der Waals surface area contributed by atoms with Crippen LogP contribution in [-0.2, 0) is 10.4 Å². The molecule has 4 heterocycles. The number of benzene rings is 6. The van der Waals surface area contributed by atoms with E-state index in [9.17, 15) is 9.90 Å². The highest BCUT2D eigenvalue weighted by molar-refractivity contribution is 9.10. The van der Waals surface area contributed by atoms with Crippen LogP contribution in [0.2, 0.25) is 0 Å². The van der Waals surface area contributed by atoms with Gasteiger partial charge in [0.05, 0.1) is 29.6 Å². The zero-order chi connectivity index (χ0) is 37.6. The standard InChI is InChI=1S/C24H21NO2.C16H15NO.C8H5BrO.CH4/c26-24(22-15-20-13-7-8-14-21(20)27-22)16-25(17-24)23(18-9-3-1-4-10-18)19-11-5-2-6-12-19;18-15-11-17(12-15)16(13-7-3-1-4-8-13)14-9-5-2-6-10-14;9-7-5-10-8-4-2-1-3-6(7)8;/h1-15,23,26H,16-17H2;1-10,16H,11-12H2;1-5H;1H4. The van der Waals surface area contributed by atoms with Crippen LogP contribution < -0.4 is 0 Å². The Bertz CT molecular complexity index is 2340. The van der Waals surface area contributed by atoms with E-state index in [1.54, 1.807) is 6.26 Å². The number of Topliss-reactive ketones (excluding diaryl/α,β-unsaturated/α-hetero) is 1. The molecule has 6 nitrogen and oxygen atoms in total.